The molecule has 200 valence electrons. The van der Waals surface area contributed by atoms with Crippen LogP contribution >= 0.6 is 0 Å². The Hall–Kier alpha value is -5.94. The lowest BCUT2D eigenvalue weighted by Gasteiger charge is -2.13. The first-order chi connectivity index (χ1) is 19.7. The molecule has 0 fully saturated rings. The molecule has 0 amide bonds. The lowest BCUT2D eigenvalue weighted by molar-refractivity contribution is -0.137. The van der Waals surface area contributed by atoms with Gasteiger partial charge >= 0.3 is 6.18 Å². The standard InChI is InChI=1S/C30H18F3N7O/c31-30(32,33)22-13-11-19(12-14-22)26-24(15-34)28(36)40(29(41)25(26)16-35)37-17-21-18-39(23-9-5-2-6-10-23)38-27(21)20-7-3-1-4-8-20/h1-14,17-18H,36H2/b37-17+. The van der Waals surface area contributed by atoms with Crippen molar-refractivity contribution in [1.29, 1.82) is 10.5 Å². The number of hydrogen-bond donors (Lipinski definition) is 1. The van der Waals surface area contributed by atoms with Gasteiger partial charge in [-0.25, -0.2) is 4.68 Å². The van der Waals surface area contributed by atoms with E-state index in [4.69, 9.17) is 5.73 Å². The predicted octanol–water partition coefficient (Wildman–Crippen LogP) is 5.59. The quantitative estimate of drug-likeness (QED) is 0.286. The van der Waals surface area contributed by atoms with Gasteiger partial charge in [0.25, 0.3) is 5.56 Å². The van der Waals surface area contributed by atoms with Gasteiger partial charge in [-0.3, -0.25) is 4.79 Å². The average Bonchev–Trinajstić information content (AvgIpc) is 3.42. The van der Waals surface area contributed by atoms with E-state index < -0.39 is 22.9 Å². The van der Waals surface area contributed by atoms with Crippen molar-refractivity contribution in [2.45, 2.75) is 6.18 Å². The summed E-state index contributed by atoms with van der Waals surface area (Å²) in [6.07, 6.45) is -1.54. The van der Waals surface area contributed by atoms with Crippen molar-refractivity contribution in [2.24, 2.45) is 5.10 Å². The average molecular weight is 550 g/mol. The molecule has 2 heterocycles. The van der Waals surface area contributed by atoms with Crippen molar-refractivity contribution in [2.75, 3.05) is 5.73 Å². The summed E-state index contributed by atoms with van der Waals surface area (Å²) in [6, 6.07) is 26.0. The summed E-state index contributed by atoms with van der Waals surface area (Å²) in [5, 5.41) is 28.6. The number of benzene rings is 3. The number of alkyl halides is 3. The van der Waals surface area contributed by atoms with Crippen LogP contribution in [0.4, 0.5) is 19.0 Å². The van der Waals surface area contributed by atoms with Gasteiger partial charge in [0.15, 0.2) is 0 Å². The third-order valence-electron chi connectivity index (χ3n) is 6.24. The van der Waals surface area contributed by atoms with Gasteiger partial charge in [-0.2, -0.15) is 38.6 Å². The molecular weight excluding hydrogens is 531 g/mol. The van der Waals surface area contributed by atoms with Gasteiger partial charge in [0.2, 0.25) is 0 Å². The molecule has 3 aromatic carbocycles. The van der Waals surface area contributed by atoms with Crippen LogP contribution in [0, 0.1) is 22.7 Å². The lowest BCUT2D eigenvalue weighted by Crippen LogP contribution is -2.25. The van der Waals surface area contributed by atoms with Crippen LogP contribution in [0.25, 0.3) is 28.1 Å². The third kappa shape index (κ3) is 5.07. The van der Waals surface area contributed by atoms with E-state index in [0.29, 0.717) is 11.3 Å². The van der Waals surface area contributed by atoms with Crippen LogP contribution < -0.4 is 11.3 Å². The van der Waals surface area contributed by atoms with Gasteiger partial charge < -0.3 is 5.73 Å². The van der Waals surface area contributed by atoms with Crippen LogP contribution in [0.5, 0.6) is 0 Å². The summed E-state index contributed by atoms with van der Waals surface area (Å²) in [6.45, 7) is 0. The Morgan fingerprint density at radius 2 is 1.46 bits per heavy atom. The Morgan fingerprint density at radius 3 is 2.05 bits per heavy atom. The largest absolute Gasteiger partial charge is 0.416 e. The molecule has 0 aliphatic carbocycles. The highest BCUT2D eigenvalue weighted by atomic mass is 19.4. The minimum Gasteiger partial charge on any atom is -0.382 e. The number of halogens is 3. The molecule has 0 saturated heterocycles. The van der Waals surface area contributed by atoms with E-state index in [-0.39, 0.29) is 22.5 Å². The lowest BCUT2D eigenvalue weighted by atomic mass is 9.95. The molecular formula is C30H18F3N7O. The van der Waals surface area contributed by atoms with Crippen LogP contribution in [-0.2, 0) is 6.18 Å². The van der Waals surface area contributed by atoms with Crippen molar-refractivity contribution in [1.82, 2.24) is 14.5 Å². The first-order valence-electron chi connectivity index (χ1n) is 12.0. The number of rotatable bonds is 5. The fourth-order valence-corrected chi connectivity index (χ4v) is 4.26. The zero-order valence-electron chi connectivity index (χ0n) is 21.0. The topological polar surface area (TPSA) is 126 Å². The van der Waals surface area contributed by atoms with E-state index in [9.17, 15) is 28.5 Å². The van der Waals surface area contributed by atoms with Gasteiger partial charge in [-0.05, 0) is 29.8 Å². The summed E-state index contributed by atoms with van der Waals surface area (Å²) in [7, 11) is 0. The summed E-state index contributed by atoms with van der Waals surface area (Å²) in [5.74, 6) is -0.376. The molecule has 0 atom stereocenters. The van der Waals surface area contributed by atoms with Crippen LogP contribution in [0.2, 0.25) is 0 Å². The maximum absolute atomic E-state index is 13.3. The van der Waals surface area contributed by atoms with Crippen LogP contribution in [0.3, 0.4) is 0 Å². The second kappa shape index (κ2) is 10.7. The van der Waals surface area contributed by atoms with Gasteiger partial charge in [-0.15, -0.1) is 0 Å². The van der Waals surface area contributed by atoms with Crippen molar-refractivity contribution in [3.63, 3.8) is 0 Å². The molecule has 5 aromatic rings. The third-order valence-corrected chi connectivity index (χ3v) is 6.24. The van der Waals surface area contributed by atoms with Crippen LogP contribution in [-0.4, -0.2) is 20.7 Å². The van der Waals surface area contributed by atoms with E-state index in [1.807, 2.05) is 66.7 Å². The fraction of sp³-hybridized carbons (Fsp3) is 0.0333. The van der Waals surface area contributed by atoms with Gasteiger partial charge in [0.1, 0.15) is 34.8 Å². The predicted molar refractivity (Wildman–Crippen MR) is 147 cm³/mol. The molecule has 5 rings (SSSR count). The van der Waals surface area contributed by atoms with Crippen molar-refractivity contribution in [3.05, 3.63) is 124 Å². The first-order valence-corrected chi connectivity index (χ1v) is 12.0. The second-order valence-electron chi connectivity index (χ2n) is 8.75. The molecule has 0 radical (unpaired) electrons. The number of nitrogens with two attached hydrogens (primary N) is 1. The van der Waals surface area contributed by atoms with Crippen molar-refractivity contribution >= 4 is 12.0 Å². The van der Waals surface area contributed by atoms with E-state index in [0.717, 1.165) is 40.2 Å². The van der Waals surface area contributed by atoms with Gasteiger partial charge in [0, 0.05) is 22.9 Å². The number of hydrogen-bond acceptors (Lipinski definition) is 6. The van der Waals surface area contributed by atoms with Gasteiger partial charge in [-0.1, -0.05) is 60.7 Å². The highest BCUT2D eigenvalue weighted by Gasteiger charge is 2.30. The Morgan fingerprint density at radius 1 is 0.854 bits per heavy atom. The van der Waals surface area contributed by atoms with E-state index in [1.165, 1.54) is 6.21 Å². The summed E-state index contributed by atoms with van der Waals surface area (Å²) in [5.41, 5.74) is 6.06. The molecule has 2 aromatic heterocycles. The molecule has 0 saturated carbocycles. The highest BCUT2D eigenvalue weighted by molar-refractivity contribution is 5.89. The minimum atomic E-state index is -4.58. The Balaban J connectivity index is 1.65. The second-order valence-corrected chi connectivity index (χ2v) is 8.75. The number of aromatic nitrogens is 3. The first kappa shape index (κ1) is 26.7. The number of pyridine rings is 1. The molecule has 0 aliphatic heterocycles. The van der Waals surface area contributed by atoms with Crippen LogP contribution in [0.1, 0.15) is 22.3 Å². The SMILES string of the molecule is N#Cc1c(-c2ccc(C(F)(F)F)cc2)c(C#N)c(=O)n(/N=C/c2cn(-c3ccccc3)nc2-c2ccccc2)c1N. The number of nitrogen functional groups attached to an aromatic ring is 1. The van der Waals surface area contributed by atoms with Crippen molar-refractivity contribution in [3.8, 4) is 40.2 Å². The minimum absolute atomic E-state index is 0.0570. The smallest absolute Gasteiger partial charge is 0.382 e. The van der Waals surface area contributed by atoms with E-state index in [1.54, 1.807) is 16.9 Å². The van der Waals surface area contributed by atoms with Gasteiger partial charge in [0.05, 0.1) is 17.5 Å². The summed E-state index contributed by atoms with van der Waals surface area (Å²) < 4.78 is 41.5. The normalized spacial score (nSPS) is 11.3. The molecule has 0 bridgehead atoms. The molecule has 0 aliphatic rings. The highest BCUT2D eigenvalue weighted by Crippen LogP contribution is 2.34. The number of para-hydroxylation sites is 1. The van der Waals surface area contributed by atoms with E-state index in [2.05, 4.69) is 10.2 Å². The summed E-state index contributed by atoms with van der Waals surface area (Å²) in [4.78, 5) is 13.3. The monoisotopic (exact) mass is 549 g/mol. The Labute approximate surface area is 231 Å². The fourth-order valence-electron chi connectivity index (χ4n) is 4.26. The van der Waals surface area contributed by atoms with E-state index >= 15 is 0 Å². The maximum atomic E-state index is 13.3. The van der Waals surface area contributed by atoms with Crippen molar-refractivity contribution < 1.29 is 13.2 Å². The molecule has 0 spiro atoms. The Kier molecular flexibility index (Phi) is 6.94. The number of anilines is 1. The number of nitriles is 2. The molecule has 0 unspecified atom stereocenters. The maximum Gasteiger partial charge on any atom is 0.416 e. The summed E-state index contributed by atoms with van der Waals surface area (Å²) >= 11 is 0. The molecule has 11 heteroatoms. The van der Waals surface area contributed by atoms with Crippen LogP contribution in [0.15, 0.2) is 101 Å². The number of nitrogens with zero attached hydrogens (tertiary/aromatic N) is 6. The zero-order valence-corrected chi connectivity index (χ0v) is 21.0. The molecule has 41 heavy (non-hydrogen) atoms. The zero-order chi connectivity index (χ0) is 29.1. The Bertz CT molecular complexity index is 1910. The molecule has 8 nitrogen and oxygen atoms in total. The molecule has 2 N–H and O–H groups in total.